The van der Waals surface area contributed by atoms with Crippen LogP contribution in [0.25, 0.3) is 11.3 Å². The van der Waals surface area contributed by atoms with E-state index in [1.807, 2.05) is 0 Å². The highest BCUT2D eigenvalue weighted by molar-refractivity contribution is 7.99. The lowest BCUT2D eigenvalue weighted by Gasteiger charge is -2.18. The zero-order chi connectivity index (χ0) is 16.4. The minimum Gasteiger partial charge on any atom is -0.390 e. The molecule has 0 saturated carbocycles. The smallest absolute Gasteiger partial charge is 0.390 e. The Hall–Kier alpha value is -1.47. The van der Waals surface area contributed by atoms with Crippen molar-refractivity contribution in [1.29, 1.82) is 0 Å². The van der Waals surface area contributed by atoms with E-state index >= 15 is 0 Å². The van der Waals surface area contributed by atoms with Crippen molar-refractivity contribution < 1.29 is 18.3 Å². The lowest BCUT2D eigenvalue weighted by Crippen LogP contribution is -2.23. The lowest BCUT2D eigenvalue weighted by molar-refractivity contribution is -0.141. The Morgan fingerprint density at radius 1 is 1.18 bits per heavy atom. The molecule has 120 valence electrons. The second-order valence-corrected chi connectivity index (χ2v) is 6.54. The molecule has 1 aromatic carbocycles. The molecule has 2 rings (SSSR count). The fourth-order valence-electron chi connectivity index (χ4n) is 1.89. The maximum Gasteiger partial charge on any atom is 0.406 e. The minimum atomic E-state index is -4.34. The lowest BCUT2D eigenvalue weighted by atomic mass is 10.2. The first-order valence-electron chi connectivity index (χ1n) is 6.69. The number of benzene rings is 1. The second kappa shape index (κ2) is 6.34. The summed E-state index contributed by atoms with van der Waals surface area (Å²) in [5.74, 6) is 0.260. The molecule has 22 heavy (non-hydrogen) atoms. The molecule has 1 heterocycles. The van der Waals surface area contributed by atoms with Crippen molar-refractivity contribution in [1.82, 2.24) is 9.55 Å². The first-order valence-corrected chi connectivity index (χ1v) is 7.67. The highest BCUT2D eigenvalue weighted by Crippen LogP contribution is 2.31. The number of hydrogen-bond acceptors (Lipinski definition) is 3. The molecule has 1 aromatic heterocycles. The van der Waals surface area contributed by atoms with Gasteiger partial charge in [-0.1, -0.05) is 42.1 Å². The van der Waals surface area contributed by atoms with Crippen LogP contribution in [0, 0.1) is 0 Å². The van der Waals surface area contributed by atoms with Gasteiger partial charge in [0.2, 0.25) is 0 Å². The SMILES string of the molecule is CC(C)(O)CSc1ncc(-c2ccccc2)n1CC(F)(F)F. The van der Waals surface area contributed by atoms with Crippen molar-refractivity contribution in [3.05, 3.63) is 36.5 Å². The fourth-order valence-corrected chi connectivity index (χ4v) is 2.81. The summed E-state index contributed by atoms with van der Waals surface area (Å²) in [7, 11) is 0. The Bertz CT molecular complexity index is 618. The summed E-state index contributed by atoms with van der Waals surface area (Å²) in [4.78, 5) is 4.09. The molecule has 0 aliphatic rings. The molecule has 0 atom stereocenters. The summed E-state index contributed by atoms with van der Waals surface area (Å²) in [5.41, 5.74) is 0.109. The summed E-state index contributed by atoms with van der Waals surface area (Å²) in [6.07, 6.45) is -2.90. The monoisotopic (exact) mass is 330 g/mol. The highest BCUT2D eigenvalue weighted by Gasteiger charge is 2.31. The third-order valence-electron chi connectivity index (χ3n) is 2.78. The first-order chi connectivity index (χ1) is 10.2. The van der Waals surface area contributed by atoms with E-state index in [9.17, 15) is 18.3 Å². The van der Waals surface area contributed by atoms with Gasteiger partial charge in [0.25, 0.3) is 0 Å². The molecule has 0 aliphatic heterocycles. The molecule has 0 aliphatic carbocycles. The molecule has 0 saturated heterocycles. The number of imidazole rings is 1. The van der Waals surface area contributed by atoms with Gasteiger partial charge in [0.05, 0.1) is 17.5 Å². The van der Waals surface area contributed by atoms with Gasteiger partial charge in [-0.25, -0.2) is 4.98 Å². The van der Waals surface area contributed by atoms with E-state index in [4.69, 9.17) is 0 Å². The summed E-state index contributed by atoms with van der Waals surface area (Å²) in [5, 5.41) is 9.99. The second-order valence-electron chi connectivity index (χ2n) is 5.59. The predicted molar refractivity (Wildman–Crippen MR) is 80.7 cm³/mol. The maximum atomic E-state index is 12.9. The molecule has 0 amide bonds. The van der Waals surface area contributed by atoms with Crippen molar-refractivity contribution in [3.63, 3.8) is 0 Å². The first kappa shape index (κ1) is 16.9. The molecular weight excluding hydrogens is 313 g/mol. The van der Waals surface area contributed by atoms with Crippen LogP contribution < -0.4 is 0 Å². The average molecular weight is 330 g/mol. The van der Waals surface area contributed by atoms with Gasteiger partial charge >= 0.3 is 6.18 Å². The Morgan fingerprint density at radius 3 is 2.36 bits per heavy atom. The largest absolute Gasteiger partial charge is 0.406 e. The number of aromatic nitrogens is 2. The number of aliphatic hydroxyl groups is 1. The molecule has 0 fully saturated rings. The molecule has 1 N–H and O–H groups in total. The number of nitrogens with zero attached hydrogens (tertiary/aromatic N) is 2. The number of hydrogen-bond donors (Lipinski definition) is 1. The molecule has 0 radical (unpaired) electrons. The average Bonchev–Trinajstić information content (AvgIpc) is 2.77. The van der Waals surface area contributed by atoms with Crippen LogP contribution in [0.3, 0.4) is 0 Å². The number of alkyl halides is 3. The number of thioether (sulfide) groups is 1. The third kappa shape index (κ3) is 4.78. The Balaban J connectivity index is 2.36. The summed E-state index contributed by atoms with van der Waals surface area (Å²) in [6, 6.07) is 8.83. The van der Waals surface area contributed by atoms with Crippen LogP contribution in [-0.4, -0.2) is 32.2 Å². The molecule has 0 spiro atoms. The third-order valence-corrected chi connectivity index (χ3v) is 4.22. The van der Waals surface area contributed by atoms with Crippen LogP contribution in [0.4, 0.5) is 13.2 Å². The van der Waals surface area contributed by atoms with Crippen LogP contribution >= 0.6 is 11.8 Å². The van der Waals surface area contributed by atoms with Gasteiger partial charge in [0.1, 0.15) is 6.54 Å². The zero-order valence-electron chi connectivity index (χ0n) is 12.3. The van der Waals surface area contributed by atoms with Crippen LogP contribution in [0.15, 0.2) is 41.7 Å². The summed E-state index contributed by atoms with van der Waals surface area (Å²) in [6.45, 7) is 2.11. The molecule has 3 nitrogen and oxygen atoms in total. The predicted octanol–water partition coefficient (Wildman–Crippen LogP) is 3.98. The fraction of sp³-hybridized carbons (Fsp3) is 0.400. The van der Waals surface area contributed by atoms with E-state index in [1.54, 1.807) is 44.2 Å². The van der Waals surface area contributed by atoms with Crippen LogP contribution in [0.5, 0.6) is 0 Å². The normalized spacial score (nSPS) is 12.6. The van der Waals surface area contributed by atoms with Crippen molar-refractivity contribution >= 4 is 11.8 Å². The molecule has 0 unspecified atom stereocenters. The van der Waals surface area contributed by atoms with Crippen molar-refractivity contribution in [3.8, 4) is 11.3 Å². The van der Waals surface area contributed by atoms with Gasteiger partial charge in [-0.2, -0.15) is 13.2 Å². The highest BCUT2D eigenvalue weighted by atomic mass is 32.2. The topological polar surface area (TPSA) is 38.1 Å². The van der Waals surface area contributed by atoms with E-state index < -0.39 is 18.3 Å². The summed E-state index contributed by atoms with van der Waals surface area (Å²) < 4.78 is 39.7. The molecule has 2 aromatic rings. The van der Waals surface area contributed by atoms with Gasteiger partial charge in [-0.15, -0.1) is 0 Å². The number of rotatable bonds is 5. The standard InChI is InChI=1S/C15H17F3N2OS/c1-14(2,21)10-22-13-19-8-12(11-6-4-3-5-7-11)20(13)9-15(16,17)18/h3-8,21H,9-10H2,1-2H3. The van der Waals surface area contributed by atoms with Crippen molar-refractivity contribution in [2.45, 2.75) is 37.3 Å². The van der Waals surface area contributed by atoms with Gasteiger partial charge in [-0.3, -0.25) is 0 Å². The Labute approximate surface area is 131 Å². The van der Waals surface area contributed by atoms with Crippen molar-refractivity contribution in [2.24, 2.45) is 0 Å². The van der Waals surface area contributed by atoms with E-state index in [2.05, 4.69) is 4.98 Å². The van der Waals surface area contributed by atoms with E-state index in [1.165, 1.54) is 6.20 Å². The molecule has 7 heteroatoms. The summed E-state index contributed by atoms with van der Waals surface area (Å²) >= 11 is 1.11. The maximum absolute atomic E-state index is 12.9. The molecular formula is C15H17F3N2OS. The van der Waals surface area contributed by atoms with Crippen LogP contribution in [0.1, 0.15) is 13.8 Å². The Kier molecular flexibility index (Phi) is 4.87. The quantitative estimate of drug-likeness (QED) is 0.843. The van der Waals surface area contributed by atoms with E-state index in [-0.39, 0.29) is 10.9 Å². The molecule has 0 bridgehead atoms. The minimum absolute atomic E-state index is 0.248. The van der Waals surface area contributed by atoms with Crippen molar-refractivity contribution in [2.75, 3.05) is 5.75 Å². The number of halogens is 3. The van der Waals surface area contributed by atoms with Gasteiger partial charge in [0, 0.05) is 5.75 Å². The Morgan fingerprint density at radius 2 is 1.82 bits per heavy atom. The van der Waals surface area contributed by atoms with Gasteiger partial charge in [0.15, 0.2) is 5.16 Å². The van der Waals surface area contributed by atoms with E-state index in [0.717, 1.165) is 16.3 Å². The van der Waals surface area contributed by atoms with Gasteiger partial charge in [-0.05, 0) is 19.4 Å². The zero-order valence-corrected chi connectivity index (χ0v) is 13.1. The van der Waals surface area contributed by atoms with Crippen LogP contribution in [-0.2, 0) is 6.54 Å². The van der Waals surface area contributed by atoms with E-state index in [0.29, 0.717) is 11.3 Å². The van der Waals surface area contributed by atoms with Crippen LogP contribution in [0.2, 0.25) is 0 Å². The van der Waals surface area contributed by atoms with Gasteiger partial charge < -0.3 is 9.67 Å².